The lowest BCUT2D eigenvalue weighted by Gasteiger charge is -2.37. The van der Waals surface area contributed by atoms with Crippen molar-refractivity contribution in [1.29, 1.82) is 0 Å². The van der Waals surface area contributed by atoms with Crippen LogP contribution in [0, 0.1) is 0 Å². The molecule has 0 saturated carbocycles. The lowest BCUT2D eigenvalue weighted by Crippen LogP contribution is -2.33. The molecule has 0 atom stereocenters. The van der Waals surface area contributed by atoms with Crippen molar-refractivity contribution in [1.82, 2.24) is 0 Å². The van der Waals surface area contributed by atoms with Gasteiger partial charge in [-0.1, -0.05) is 18.2 Å². The molecule has 0 N–H and O–H groups in total. The van der Waals surface area contributed by atoms with Gasteiger partial charge in [-0.15, -0.1) is 0 Å². The van der Waals surface area contributed by atoms with Crippen molar-refractivity contribution in [3.05, 3.63) is 82.9 Å². The van der Waals surface area contributed by atoms with Gasteiger partial charge >= 0.3 is 5.97 Å². The minimum absolute atomic E-state index is 0.0393. The molecule has 3 aromatic carbocycles. The molecule has 0 amide bonds. The molecule has 3 aromatic rings. The van der Waals surface area contributed by atoms with Crippen molar-refractivity contribution in [2.24, 2.45) is 0 Å². The molecule has 11 nitrogen and oxygen atoms in total. The molecule has 33 heavy (non-hydrogen) atoms. The predicted octanol–water partition coefficient (Wildman–Crippen LogP) is 0.670. The van der Waals surface area contributed by atoms with E-state index in [-0.39, 0.29) is 28.6 Å². The number of phosphoric acid groups is 2. The summed E-state index contributed by atoms with van der Waals surface area (Å²) in [5.74, 6) is -1.43. The first-order chi connectivity index (χ1) is 15.5. The van der Waals surface area contributed by atoms with E-state index in [9.17, 15) is 33.5 Å². The molecular formula is C20H10O11P2-4. The summed E-state index contributed by atoms with van der Waals surface area (Å²) in [6.45, 7) is 0. The molecule has 0 bridgehead atoms. The minimum Gasteiger partial charge on any atom is -0.780 e. The van der Waals surface area contributed by atoms with Crippen molar-refractivity contribution in [2.45, 2.75) is 5.60 Å². The van der Waals surface area contributed by atoms with Gasteiger partial charge in [0.15, 0.2) is 5.60 Å². The Morgan fingerprint density at radius 1 is 0.727 bits per heavy atom. The third kappa shape index (κ3) is 3.71. The van der Waals surface area contributed by atoms with Crippen LogP contribution in [0.15, 0.2) is 60.7 Å². The van der Waals surface area contributed by atoms with Crippen molar-refractivity contribution in [3.63, 3.8) is 0 Å². The van der Waals surface area contributed by atoms with Crippen LogP contribution >= 0.6 is 15.6 Å². The fourth-order valence-electron chi connectivity index (χ4n) is 4.01. The molecule has 1 spiro atoms. The van der Waals surface area contributed by atoms with Gasteiger partial charge in [0.25, 0.3) is 0 Å². The Labute approximate surface area is 185 Å². The molecule has 0 fully saturated rings. The van der Waals surface area contributed by atoms with Gasteiger partial charge in [-0.3, -0.25) is 0 Å². The molecule has 0 unspecified atom stereocenters. The first-order valence-electron chi connectivity index (χ1n) is 9.19. The molecule has 0 aliphatic carbocycles. The van der Waals surface area contributed by atoms with Crippen LogP contribution < -0.4 is 33.4 Å². The summed E-state index contributed by atoms with van der Waals surface area (Å²) in [5.41, 5.74) is -0.257. The summed E-state index contributed by atoms with van der Waals surface area (Å²) in [6, 6.07) is 13.9. The molecule has 2 aliphatic heterocycles. The maximum absolute atomic E-state index is 12.7. The molecule has 13 heteroatoms. The van der Waals surface area contributed by atoms with Gasteiger partial charge in [0.05, 0.1) is 5.56 Å². The fourth-order valence-corrected chi connectivity index (χ4v) is 4.75. The zero-order valence-corrected chi connectivity index (χ0v) is 17.9. The summed E-state index contributed by atoms with van der Waals surface area (Å²) in [6.07, 6.45) is 0. The van der Waals surface area contributed by atoms with Gasteiger partial charge in [0.2, 0.25) is 0 Å². The standard InChI is InChI=1S/C20H14O11P2/c21-19-13-3-1-2-4-14(13)20(29-19)15-7-5-11(30-32(22,23)24)9-17(15)28-18-10-12(6-8-16(18)20)31-33(25,26)27/h1-10H,(H2,22,23,24)(H2,25,26,27)/p-4. The van der Waals surface area contributed by atoms with Crippen molar-refractivity contribution in [2.75, 3.05) is 0 Å². The topological polar surface area (TPSA) is 180 Å². The highest BCUT2D eigenvalue weighted by molar-refractivity contribution is 7.43. The first kappa shape index (κ1) is 21.7. The lowest BCUT2D eigenvalue weighted by molar-refractivity contribution is -0.335. The van der Waals surface area contributed by atoms with Crippen molar-refractivity contribution in [3.8, 4) is 23.0 Å². The Bertz CT molecular complexity index is 1330. The number of benzene rings is 3. The zero-order chi connectivity index (χ0) is 23.6. The minimum atomic E-state index is -5.38. The summed E-state index contributed by atoms with van der Waals surface area (Å²) < 4.78 is 42.5. The van der Waals surface area contributed by atoms with Crippen molar-refractivity contribution < 1.29 is 52.0 Å². The van der Waals surface area contributed by atoms with E-state index in [1.165, 1.54) is 24.3 Å². The van der Waals surface area contributed by atoms with Crippen LogP contribution in [0.3, 0.4) is 0 Å². The maximum atomic E-state index is 12.7. The van der Waals surface area contributed by atoms with E-state index >= 15 is 0 Å². The van der Waals surface area contributed by atoms with Gasteiger partial charge in [-0.05, 0) is 30.3 Å². The molecule has 0 aromatic heterocycles. The summed E-state index contributed by atoms with van der Waals surface area (Å²) in [5, 5.41) is 0. The third-order valence-corrected chi connectivity index (χ3v) is 5.96. The number of hydrogen-bond acceptors (Lipinski definition) is 11. The van der Waals surface area contributed by atoms with E-state index in [0.29, 0.717) is 16.7 Å². The second-order valence-electron chi connectivity index (χ2n) is 7.11. The van der Waals surface area contributed by atoms with Gasteiger partial charge in [-0.25, -0.2) is 4.79 Å². The smallest absolute Gasteiger partial charge is 0.340 e. The van der Waals surface area contributed by atoms with Crippen LogP contribution in [-0.4, -0.2) is 5.97 Å². The Balaban J connectivity index is 1.74. The van der Waals surface area contributed by atoms with Crippen LogP contribution in [0.2, 0.25) is 0 Å². The second-order valence-corrected chi connectivity index (χ2v) is 9.27. The van der Waals surface area contributed by atoms with Gasteiger partial charge in [0, 0.05) is 28.8 Å². The number of ether oxygens (including phenoxy) is 2. The highest BCUT2D eigenvalue weighted by atomic mass is 31.2. The molecule has 0 saturated heterocycles. The Kier molecular flexibility index (Phi) is 4.70. The molecule has 0 radical (unpaired) electrons. The van der Waals surface area contributed by atoms with Gasteiger partial charge < -0.3 is 47.2 Å². The Hall–Kier alpha value is -3.17. The average Bonchev–Trinajstić information content (AvgIpc) is 2.99. The number of carbonyl (C=O) groups excluding carboxylic acids is 1. The zero-order valence-electron chi connectivity index (χ0n) is 16.2. The van der Waals surface area contributed by atoms with E-state index < -0.39 is 27.2 Å². The first-order valence-corrected chi connectivity index (χ1v) is 12.1. The largest absolute Gasteiger partial charge is 0.780 e. The number of phosphoric ester groups is 2. The Morgan fingerprint density at radius 2 is 1.24 bits per heavy atom. The monoisotopic (exact) mass is 488 g/mol. The van der Waals surface area contributed by atoms with E-state index in [1.54, 1.807) is 24.3 Å². The number of fused-ring (bicyclic) bond motifs is 6. The summed E-state index contributed by atoms with van der Waals surface area (Å²) in [4.78, 5) is 56.9. The molecule has 170 valence electrons. The average molecular weight is 488 g/mol. The van der Waals surface area contributed by atoms with Crippen LogP contribution in [0.4, 0.5) is 0 Å². The summed E-state index contributed by atoms with van der Waals surface area (Å²) in [7, 11) is -10.8. The number of rotatable bonds is 4. The van der Waals surface area contributed by atoms with E-state index in [4.69, 9.17) is 9.47 Å². The third-order valence-electron chi connectivity index (χ3n) is 5.09. The van der Waals surface area contributed by atoms with Crippen LogP contribution in [0.1, 0.15) is 27.0 Å². The fraction of sp³-hybridized carbons (Fsp3) is 0.0500. The second kappa shape index (κ2) is 7.16. The number of carbonyl (C=O) groups is 1. The number of esters is 1. The van der Waals surface area contributed by atoms with Crippen molar-refractivity contribution >= 4 is 21.6 Å². The Morgan fingerprint density at radius 3 is 1.76 bits per heavy atom. The van der Waals surface area contributed by atoms with Crippen LogP contribution in [-0.2, 0) is 19.5 Å². The highest BCUT2D eigenvalue weighted by Gasteiger charge is 2.53. The van der Waals surface area contributed by atoms with Crippen LogP contribution in [0.25, 0.3) is 0 Å². The van der Waals surface area contributed by atoms with Gasteiger partial charge in [-0.2, -0.15) is 0 Å². The van der Waals surface area contributed by atoms with Gasteiger partial charge in [0.1, 0.15) is 38.6 Å². The SMILES string of the molecule is O=C1OC2(c3ccc(OP(=O)([O-])[O-])cc3Oc3cc(OP(=O)([O-])[O-])ccc32)c2ccccc21. The lowest BCUT2D eigenvalue weighted by atomic mass is 9.77. The van der Waals surface area contributed by atoms with E-state index in [2.05, 4.69) is 9.05 Å². The molecule has 5 rings (SSSR count). The molecule has 2 aliphatic rings. The predicted molar refractivity (Wildman–Crippen MR) is 101 cm³/mol. The molecule has 2 heterocycles. The van der Waals surface area contributed by atoms with E-state index in [0.717, 1.165) is 12.1 Å². The van der Waals surface area contributed by atoms with E-state index in [1.807, 2.05) is 0 Å². The quantitative estimate of drug-likeness (QED) is 0.372. The molecular weight excluding hydrogens is 478 g/mol. The maximum Gasteiger partial charge on any atom is 0.340 e. The number of hydrogen-bond donors (Lipinski definition) is 0. The summed E-state index contributed by atoms with van der Waals surface area (Å²) >= 11 is 0. The van der Waals surface area contributed by atoms with Crippen LogP contribution in [0.5, 0.6) is 23.0 Å². The highest BCUT2D eigenvalue weighted by Crippen LogP contribution is 2.57. The normalized spacial score (nSPS) is 15.7.